The molecule has 2 fully saturated rings. The molecule has 14 heavy (non-hydrogen) atoms. The van der Waals surface area contributed by atoms with Crippen LogP contribution in [0.5, 0.6) is 0 Å². The summed E-state index contributed by atoms with van der Waals surface area (Å²) in [5.74, 6) is 3.02. The Hall–Kier alpha value is -0.780. The van der Waals surface area contributed by atoms with E-state index in [0.29, 0.717) is 0 Å². The van der Waals surface area contributed by atoms with E-state index in [4.69, 9.17) is 0 Å². The standard InChI is InChI=1S/C14H18/c1-2-5-11(6-3-1)14-9-12-7-4-8-13(12)10-14/h1-3,5-6,12-14H,4,7-10H2. The van der Waals surface area contributed by atoms with Gasteiger partial charge in [-0.25, -0.2) is 0 Å². The van der Waals surface area contributed by atoms with Crippen molar-refractivity contribution in [3.63, 3.8) is 0 Å². The minimum Gasteiger partial charge on any atom is -0.0622 e. The van der Waals surface area contributed by atoms with Gasteiger partial charge in [0.25, 0.3) is 0 Å². The Morgan fingerprint density at radius 1 is 0.857 bits per heavy atom. The van der Waals surface area contributed by atoms with E-state index in [2.05, 4.69) is 30.3 Å². The highest BCUT2D eigenvalue weighted by atomic mass is 14.4. The molecule has 1 aromatic carbocycles. The van der Waals surface area contributed by atoms with Crippen molar-refractivity contribution < 1.29 is 0 Å². The van der Waals surface area contributed by atoms with Crippen molar-refractivity contribution in [3.05, 3.63) is 35.9 Å². The highest BCUT2D eigenvalue weighted by molar-refractivity contribution is 5.21. The van der Waals surface area contributed by atoms with Gasteiger partial charge in [-0.3, -0.25) is 0 Å². The molecule has 0 amide bonds. The molecule has 74 valence electrons. The molecule has 0 heteroatoms. The van der Waals surface area contributed by atoms with Gasteiger partial charge in [-0.2, -0.15) is 0 Å². The van der Waals surface area contributed by atoms with Crippen molar-refractivity contribution in [3.8, 4) is 0 Å². The Kier molecular flexibility index (Phi) is 2.08. The quantitative estimate of drug-likeness (QED) is 0.622. The summed E-state index contributed by atoms with van der Waals surface area (Å²) < 4.78 is 0. The molecule has 2 atom stereocenters. The maximum absolute atomic E-state index is 2.31. The second-order valence-corrected chi connectivity index (χ2v) is 5.03. The van der Waals surface area contributed by atoms with Gasteiger partial charge in [0.1, 0.15) is 0 Å². The van der Waals surface area contributed by atoms with Crippen molar-refractivity contribution in [1.82, 2.24) is 0 Å². The molecule has 3 rings (SSSR count). The summed E-state index contributed by atoms with van der Waals surface area (Å²) in [6.07, 6.45) is 7.45. The van der Waals surface area contributed by atoms with Crippen LogP contribution in [0.4, 0.5) is 0 Å². The second-order valence-electron chi connectivity index (χ2n) is 5.03. The third-order valence-corrected chi connectivity index (χ3v) is 4.26. The zero-order valence-electron chi connectivity index (χ0n) is 8.65. The predicted molar refractivity (Wildman–Crippen MR) is 59.2 cm³/mol. The van der Waals surface area contributed by atoms with Crippen LogP contribution in [0, 0.1) is 11.8 Å². The molecule has 0 nitrogen and oxygen atoms in total. The first-order chi connectivity index (χ1) is 6.93. The summed E-state index contributed by atoms with van der Waals surface area (Å²) in [6, 6.07) is 11.1. The summed E-state index contributed by atoms with van der Waals surface area (Å²) in [6.45, 7) is 0. The van der Waals surface area contributed by atoms with Gasteiger partial charge in [-0.05, 0) is 36.2 Å². The first kappa shape index (κ1) is 8.52. The van der Waals surface area contributed by atoms with E-state index >= 15 is 0 Å². The van der Waals surface area contributed by atoms with E-state index in [1.54, 1.807) is 5.56 Å². The Bertz CT molecular complexity index is 289. The predicted octanol–water partition coefficient (Wildman–Crippen LogP) is 3.98. The summed E-state index contributed by atoms with van der Waals surface area (Å²) in [5, 5.41) is 0. The Morgan fingerprint density at radius 2 is 1.50 bits per heavy atom. The highest BCUT2D eigenvalue weighted by Gasteiger charge is 2.37. The zero-order chi connectivity index (χ0) is 9.38. The molecule has 2 unspecified atom stereocenters. The van der Waals surface area contributed by atoms with E-state index in [1.165, 1.54) is 32.1 Å². The van der Waals surface area contributed by atoms with Crippen molar-refractivity contribution in [2.45, 2.75) is 38.0 Å². The van der Waals surface area contributed by atoms with Crippen LogP contribution in [0.15, 0.2) is 30.3 Å². The summed E-state index contributed by atoms with van der Waals surface area (Å²) in [7, 11) is 0. The lowest BCUT2D eigenvalue weighted by Crippen LogP contribution is -1.95. The molecule has 0 heterocycles. The number of hydrogen-bond acceptors (Lipinski definition) is 0. The fourth-order valence-electron chi connectivity index (χ4n) is 3.56. The smallest absolute Gasteiger partial charge is 0.0156 e. The van der Waals surface area contributed by atoms with Gasteiger partial charge in [0.2, 0.25) is 0 Å². The van der Waals surface area contributed by atoms with Crippen LogP contribution in [-0.2, 0) is 0 Å². The van der Waals surface area contributed by atoms with Gasteiger partial charge in [-0.15, -0.1) is 0 Å². The lowest BCUT2D eigenvalue weighted by molar-refractivity contribution is 0.457. The van der Waals surface area contributed by atoms with E-state index in [1.807, 2.05) is 0 Å². The van der Waals surface area contributed by atoms with Crippen molar-refractivity contribution in [2.75, 3.05) is 0 Å². The van der Waals surface area contributed by atoms with Crippen molar-refractivity contribution >= 4 is 0 Å². The molecule has 0 spiro atoms. The SMILES string of the molecule is c1ccc(C2CC3CCCC3C2)cc1. The fourth-order valence-corrected chi connectivity index (χ4v) is 3.56. The average Bonchev–Trinajstić information content (AvgIpc) is 2.78. The number of fused-ring (bicyclic) bond motifs is 1. The van der Waals surface area contributed by atoms with E-state index in [0.717, 1.165) is 17.8 Å². The zero-order valence-corrected chi connectivity index (χ0v) is 8.65. The van der Waals surface area contributed by atoms with Crippen LogP contribution in [-0.4, -0.2) is 0 Å². The van der Waals surface area contributed by atoms with Gasteiger partial charge >= 0.3 is 0 Å². The molecule has 0 aliphatic heterocycles. The maximum Gasteiger partial charge on any atom is -0.0156 e. The molecule has 0 N–H and O–H groups in total. The molecular formula is C14H18. The van der Waals surface area contributed by atoms with Crippen LogP contribution in [0.1, 0.15) is 43.6 Å². The first-order valence-electron chi connectivity index (χ1n) is 5.98. The molecule has 2 aliphatic carbocycles. The summed E-state index contributed by atoms with van der Waals surface area (Å²) in [4.78, 5) is 0. The fraction of sp³-hybridized carbons (Fsp3) is 0.571. The summed E-state index contributed by atoms with van der Waals surface area (Å²) in [5.41, 5.74) is 1.59. The molecule has 0 radical (unpaired) electrons. The third-order valence-electron chi connectivity index (χ3n) is 4.26. The lowest BCUT2D eigenvalue weighted by Gasteiger charge is -2.10. The van der Waals surface area contributed by atoms with E-state index in [-0.39, 0.29) is 0 Å². The van der Waals surface area contributed by atoms with E-state index in [9.17, 15) is 0 Å². The van der Waals surface area contributed by atoms with E-state index < -0.39 is 0 Å². The van der Waals surface area contributed by atoms with Crippen molar-refractivity contribution in [1.29, 1.82) is 0 Å². The number of benzene rings is 1. The van der Waals surface area contributed by atoms with Crippen molar-refractivity contribution in [2.24, 2.45) is 11.8 Å². The lowest BCUT2D eigenvalue weighted by atomic mass is 9.95. The van der Waals surface area contributed by atoms with Crippen LogP contribution >= 0.6 is 0 Å². The number of rotatable bonds is 1. The van der Waals surface area contributed by atoms with Crippen LogP contribution < -0.4 is 0 Å². The van der Waals surface area contributed by atoms with Crippen LogP contribution in [0.3, 0.4) is 0 Å². The topological polar surface area (TPSA) is 0 Å². The Morgan fingerprint density at radius 3 is 2.14 bits per heavy atom. The third kappa shape index (κ3) is 1.37. The minimum atomic E-state index is 0.881. The highest BCUT2D eigenvalue weighted by Crippen LogP contribution is 2.50. The number of hydrogen-bond donors (Lipinski definition) is 0. The minimum absolute atomic E-state index is 0.881. The first-order valence-corrected chi connectivity index (χ1v) is 5.98. The Balaban J connectivity index is 1.77. The molecule has 1 aromatic rings. The molecule has 2 aliphatic rings. The average molecular weight is 186 g/mol. The second kappa shape index (κ2) is 3.42. The van der Waals surface area contributed by atoms with Gasteiger partial charge in [0.15, 0.2) is 0 Å². The van der Waals surface area contributed by atoms with Crippen LogP contribution in [0.25, 0.3) is 0 Å². The molecular weight excluding hydrogens is 168 g/mol. The van der Waals surface area contributed by atoms with Crippen LogP contribution in [0.2, 0.25) is 0 Å². The normalized spacial score (nSPS) is 35.9. The molecule has 0 aromatic heterocycles. The monoisotopic (exact) mass is 186 g/mol. The molecule has 0 bridgehead atoms. The summed E-state index contributed by atoms with van der Waals surface area (Å²) >= 11 is 0. The largest absolute Gasteiger partial charge is 0.0622 e. The van der Waals surface area contributed by atoms with Gasteiger partial charge < -0.3 is 0 Å². The molecule has 0 saturated heterocycles. The maximum atomic E-state index is 2.31. The van der Waals surface area contributed by atoms with Gasteiger partial charge in [-0.1, -0.05) is 49.6 Å². The Labute approximate surface area is 86.3 Å². The van der Waals surface area contributed by atoms with Gasteiger partial charge in [0.05, 0.1) is 0 Å². The van der Waals surface area contributed by atoms with Gasteiger partial charge in [0, 0.05) is 0 Å². The molecule has 2 saturated carbocycles.